The number of rotatable bonds is 4. The van der Waals surface area contributed by atoms with Crippen molar-refractivity contribution in [3.05, 3.63) is 59.9 Å². The van der Waals surface area contributed by atoms with Gasteiger partial charge in [0.25, 0.3) is 10.0 Å². The average molecular weight is 340 g/mol. The number of hydrogen-bond acceptors (Lipinski definition) is 6. The van der Waals surface area contributed by atoms with Crippen LogP contribution in [0.5, 0.6) is 0 Å². The third-order valence-electron chi connectivity index (χ3n) is 3.44. The molecule has 3 rings (SSSR count). The molecular weight excluding hydrogens is 328 g/mol. The fraction of sp³-hybridized carbons (Fsp3) is 0.0667. The Hall–Kier alpha value is -3.25. The van der Waals surface area contributed by atoms with Crippen molar-refractivity contribution < 1.29 is 8.42 Å². The molecule has 0 amide bonds. The molecule has 1 heterocycles. The molecule has 0 unspecified atom stereocenters. The molecule has 0 bridgehead atoms. The second kappa shape index (κ2) is 6.10. The summed E-state index contributed by atoms with van der Waals surface area (Å²) in [7, 11) is -3.77. The molecule has 1 N–H and O–H groups in total. The standard InChI is InChI=1S/C15H12N6O2S/c1-11-14(3-2-4-15(11)21-10-17-19-20-21)18-24(22,23)13-7-5-12(9-16)6-8-13/h2-8,10,18H,1H3. The number of tetrazole rings is 1. The van der Waals surface area contributed by atoms with Gasteiger partial charge in [-0.2, -0.15) is 5.26 Å². The van der Waals surface area contributed by atoms with Crippen molar-refractivity contribution in [1.82, 2.24) is 20.2 Å². The Bertz CT molecular complexity index is 1010. The van der Waals surface area contributed by atoms with E-state index in [9.17, 15) is 8.42 Å². The minimum absolute atomic E-state index is 0.0775. The average Bonchev–Trinajstić information content (AvgIpc) is 3.11. The van der Waals surface area contributed by atoms with Crippen LogP contribution in [0.4, 0.5) is 5.69 Å². The first kappa shape index (κ1) is 15.6. The molecule has 0 saturated heterocycles. The van der Waals surface area contributed by atoms with Gasteiger partial charge >= 0.3 is 0 Å². The molecule has 8 nitrogen and oxygen atoms in total. The van der Waals surface area contributed by atoms with Crippen molar-refractivity contribution in [3.8, 4) is 11.8 Å². The van der Waals surface area contributed by atoms with Crippen molar-refractivity contribution in [2.45, 2.75) is 11.8 Å². The number of nitriles is 1. The smallest absolute Gasteiger partial charge is 0.261 e. The summed E-state index contributed by atoms with van der Waals surface area (Å²) in [6.07, 6.45) is 1.43. The maximum absolute atomic E-state index is 12.5. The van der Waals surface area contributed by atoms with Crippen LogP contribution in [0.2, 0.25) is 0 Å². The number of anilines is 1. The van der Waals surface area contributed by atoms with E-state index in [0.717, 1.165) is 0 Å². The van der Waals surface area contributed by atoms with Crippen LogP contribution in [-0.4, -0.2) is 28.6 Å². The molecule has 0 radical (unpaired) electrons. The van der Waals surface area contributed by atoms with Crippen LogP contribution in [-0.2, 0) is 10.0 Å². The fourth-order valence-electron chi connectivity index (χ4n) is 2.17. The molecule has 0 spiro atoms. The minimum atomic E-state index is -3.77. The predicted molar refractivity (Wildman–Crippen MR) is 85.9 cm³/mol. The largest absolute Gasteiger partial charge is 0.279 e. The Labute approximate surface area is 138 Å². The van der Waals surface area contributed by atoms with Gasteiger partial charge in [0.05, 0.1) is 27.9 Å². The summed E-state index contributed by atoms with van der Waals surface area (Å²) in [4.78, 5) is 0.0775. The number of nitrogens with zero attached hydrogens (tertiary/aromatic N) is 5. The number of sulfonamides is 1. The Kier molecular flexibility index (Phi) is 3.97. The van der Waals surface area contributed by atoms with Crippen molar-refractivity contribution in [2.24, 2.45) is 0 Å². The van der Waals surface area contributed by atoms with Gasteiger partial charge in [-0.15, -0.1) is 5.10 Å². The monoisotopic (exact) mass is 340 g/mol. The van der Waals surface area contributed by atoms with Gasteiger partial charge in [-0.1, -0.05) is 6.07 Å². The number of benzene rings is 2. The summed E-state index contributed by atoms with van der Waals surface area (Å²) < 4.78 is 29.0. The van der Waals surface area contributed by atoms with Gasteiger partial charge in [0.1, 0.15) is 6.33 Å². The number of hydrogen-bond donors (Lipinski definition) is 1. The molecule has 3 aromatic rings. The van der Waals surface area contributed by atoms with Crippen molar-refractivity contribution >= 4 is 15.7 Å². The lowest BCUT2D eigenvalue weighted by Gasteiger charge is -2.13. The third-order valence-corrected chi connectivity index (χ3v) is 4.82. The highest BCUT2D eigenvalue weighted by atomic mass is 32.2. The van der Waals surface area contributed by atoms with Gasteiger partial charge in [0.2, 0.25) is 0 Å². The van der Waals surface area contributed by atoms with Crippen molar-refractivity contribution in [1.29, 1.82) is 5.26 Å². The second-order valence-electron chi connectivity index (χ2n) is 4.95. The Morgan fingerprint density at radius 2 is 1.92 bits per heavy atom. The highest BCUT2D eigenvalue weighted by Crippen LogP contribution is 2.24. The Morgan fingerprint density at radius 3 is 2.54 bits per heavy atom. The molecule has 120 valence electrons. The second-order valence-corrected chi connectivity index (χ2v) is 6.63. The zero-order valence-corrected chi connectivity index (χ0v) is 13.4. The molecule has 0 aliphatic carbocycles. The summed E-state index contributed by atoms with van der Waals surface area (Å²) in [5.74, 6) is 0. The first-order chi connectivity index (χ1) is 11.5. The molecule has 2 aromatic carbocycles. The summed E-state index contributed by atoms with van der Waals surface area (Å²) >= 11 is 0. The lowest BCUT2D eigenvalue weighted by Crippen LogP contribution is -2.14. The van der Waals surface area contributed by atoms with E-state index in [1.165, 1.54) is 35.3 Å². The fourth-order valence-corrected chi connectivity index (χ4v) is 3.29. The van der Waals surface area contributed by atoms with E-state index in [0.29, 0.717) is 22.5 Å². The summed E-state index contributed by atoms with van der Waals surface area (Å²) in [5.41, 5.74) is 2.17. The molecule has 0 aliphatic heterocycles. The van der Waals surface area contributed by atoms with Crippen molar-refractivity contribution in [3.63, 3.8) is 0 Å². The van der Waals surface area contributed by atoms with Crippen LogP contribution in [0.3, 0.4) is 0 Å². The van der Waals surface area contributed by atoms with Gasteiger partial charge in [-0.25, -0.2) is 13.1 Å². The number of aromatic nitrogens is 4. The molecule has 9 heteroatoms. The molecular formula is C15H12N6O2S. The topological polar surface area (TPSA) is 114 Å². The maximum atomic E-state index is 12.5. The first-order valence-electron chi connectivity index (χ1n) is 6.87. The maximum Gasteiger partial charge on any atom is 0.261 e. The SMILES string of the molecule is Cc1c(NS(=O)(=O)c2ccc(C#N)cc2)cccc1-n1cnnn1. The minimum Gasteiger partial charge on any atom is -0.279 e. The van der Waals surface area contributed by atoms with E-state index in [-0.39, 0.29) is 4.90 Å². The van der Waals surface area contributed by atoms with Gasteiger partial charge in [0, 0.05) is 0 Å². The van der Waals surface area contributed by atoms with Gasteiger partial charge in [-0.3, -0.25) is 4.72 Å². The number of nitrogens with one attached hydrogen (secondary N) is 1. The normalized spacial score (nSPS) is 11.0. The van der Waals surface area contributed by atoms with Crippen LogP contribution in [0.25, 0.3) is 5.69 Å². The predicted octanol–water partition coefficient (Wildman–Crippen LogP) is 1.64. The zero-order valence-electron chi connectivity index (χ0n) is 12.6. The third kappa shape index (κ3) is 2.95. The van der Waals surface area contributed by atoms with Gasteiger partial charge in [-0.05, 0) is 59.3 Å². The van der Waals surface area contributed by atoms with E-state index in [1.807, 2.05) is 6.07 Å². The highest BCUT2D eigenvalue weighted by Gasteiger charge is 2.16. The van der Waals surface area contributed by atoms with Crippen LogP contribution in [0.1, 0.15) is 11.1 Å². The van der Waals surface area contributed by atoms with Crippen LogP contribution in [0.15, 0.2) is 53.7 Å². The van der Waals surface area contributed by atoms with Crippen LogP contribution in [0, 0.1) is 18.3 Å². The Balaban J connectivity index is 1.95. The highest BCUT2D eigenvalue weighted by molar-refractivity contribution is 7.92. The molecule has 0 fully saturated rings. The Morgan fingerprint density at radius 1 is 1.17 bits per heavy atom. The first-order valence-corrected chi connectivity index (χ1v) is 8.35. The summed E-state index contributed by atoms with van der Waals surface area (Å²) in [6, 6.07) is 12.8. The lowest BCUT2D eigenvalue weighted by molar-refractivity contribution is 0.601. The molecule has 0 atom stereocenters. The van der Waals surface area contributed by atoms with Crippen LogP contribution >= 0.6 is 0 Å². The molecule has 1 aromatic heterocycles. The van der Waals surface area contributed by atoms with E-state index >= 15 is 0 Å². The van der Waals surface area contributed by atoms with Gasteiger partial charge in [0.15, 0.2) is 0 Å². The summed E-state index contributed by atoms with van der Waals surface area (Å²) in [5, 5.41) is 19.8. The molecule has 24 heavy (non-hydrogen) atoms. The van der Waals surface area contributed by atoms with E-state index in [4.69, 9.17) is 5.26 Å². The quantitative estimate of drug-likeness (QED) is 0.772. The van der Waals surface area contributed by atoms with Crippen molar-refractivity contribution in [2.75, 3.05) is 4.72 Å². The zero-order chi connectivity index (χ0) is 17.2. The lowest BCUT2D eigenvalue weighted by atomic mass is 10.1. The van der Waals surface area contributed by atoms with E-state index in [1.54, 1.807) is 25.1 Å². The van der Waals surface area contributed by atoms with Crippen LogP contribution < -0.4 is 4.72 Å². The summed E-state index contributed by atoms with van der Waals surface area (Å²) in [6.45, 7) is 1.77. The molecule has 0 saturated carbocycles. The van der Waals surface area contributed by atoms with E-state index in [2.05, 4.69) is 20.2 Å². The van der Waals surface area contributed by atoms with Gasteiger partial charge < -0.3 is 0 Å². The van der Waals surface area contributed by atoms with E-state index < -0.39 is 10.0 Å². The molecule has 0 aliphatic rings.